The van der Waals surface area contributed by atoms with Gasteiger partial charge in [0.05, 0.1) is 0 Å². The van der Waals surface area contributed by atoms with E-state index in [4.69, 9.17) is 5.73 Å². The molecule has 0 amide bonds. The highest BCUT2D eigenvalue weighted by atomic mass is 15.3. The van der Waals surface area contributed by atoms with E-state index in [2.05, 4.69) is 31.9 Å². The van der Waals surface area contributed by atoms with E-state index in [1.807, 2.05) is 10.6 Å². The van der Waals surface area contributed by atoms with Crippen molar-refractivity contribution in [1.29, 1.82) is 0 Å². The second-order valence-corrected chi connectivity index (χ2v) is 5.51. The van der Waals surface area contributed by atoms with Crippen LogP contribution in [0.1, 0.15) is 19.8 Å². The Morgan fingerprint density at radius 1 is 1.29 bits per heavy atom. The molecule has 0 aromatic carbocycles. The predicted octanol–water partition coefficient (Wildman–Crippen LogP) is 0.374. The van der Waals surface area contributed by atoms with E-state index in [1.165, 1.54) is 12.8 Å². The van der Waals surface area contributed by atoms with Crippen molar-refractivity contribution < 1.29 is 0 Å². The molecule has 0 radical (unpaired) electrons. The maximum Gasteiger partial charge on any atom is 0.203 e. The number of nitrogens with two attached hydrogens (primary N) is 1. The molecule has 114 valence electrons. The predicted molar refractivity (Wildman–Crippen MR) is 82.3 cm³/mol. The van der Waals surface area contributed by atoms with Gasteiger partial charge in [0.15, 0.2) is 5.82 Å². The van der Waals surface area contributed by atoms with E-state index in [1.54, 1.807) is 12.5 Å². The summed E-state index contributed by atoms with van der Waals surface area (Å²) in [5.41, 5.74) is 6.74. The van der Waals surface area contributed by atoms with Gasteiger partial charge in [-0.25, -0.2) is 4.98 Å². The number of nitrogens with zero attached hydrogens (tertiary/aromatic N) is 6. The SMILES string of the molecule is CCCC(CN)N1CCN(c2nccn3cnnc23)CC1. The highest BCUT2D eigenvalue weighted by Crippen LogP contribution is 2.19. The molecule has 21 heavy (non-hydrogen) atoms. The van der Waals surface area contributed by atoms with Crippen LogP contribution in [0.5, 0.6) is 0 Å². The average molecular weight is 289 g/mol. The number of anilines is 1. The molecule has 2 aromatic rings. The van der Waals surface area contributed by atoms with Gasteiger partial charge in [-0.1, -0.05) is 13.3 Å². The summed E-state index contributed by atoms with van der Waals surface area (Å²) in [6, 6.07) is 0.508. The minimum Gasteiger partial charge on any atom is -0.351 e. The molecule has 3 rings (SSSR count). The van der Waals surface area contributed by atoms with Gasteiger partial charge in [-0.3, -0.25) is 9.30 Å². The molecule has 2 aromatic heterocycles. The van der Waals surface area contributed by atoms with Crippen molar-refractivity contribution in [2.24, 2.45) is 5.73 Å². The minimum absolute atomic E-state index is 0.508. The van der Waals surface area contributed by atoms with Crippen LogP contribution in [0.25, 0.3) is 5.65 Å². The molecule has 1 unspecified atom stereocenters. The van der Waals surface area contributed by atoms with Gasteiger partial charge in [0.2, 0.25) is 5.65 Å². The van der Waals surface area contributed by atoms with E-state index in [0.717, 1.165) is 44.2 Å². The lowest BCUT2D eigenvalue weighted by Gasteiger charge is -2.39. The lowest BCUT2D eigenvalue weighted by Crippen LogP contribution is -2.52. The first-order valence-corrected chi connectivity index (χ1v) is 7.67. The lowest BCUT2D eigenvalue weighted by molar-refractivity contribution is 0.179. The average Bonchev–Trinajstić information content (AvgIpc) is 3.01. The number of piperazine rings is 1. The highest BCUT2D eigenvalue weighted by Gasteiger charge is 2.24. The van der Waals surface area contributed by atoms with Crippen molar-refractivity contribution in [3.8, 4) is 0 Å². The smallest absolute Gasteiger partial charge is 0.203 e. The molecule has 0 aliphatic carbocycles. The Balaban J connectivity index is 1.69. The van der Waals surface area contributed by atoms with E-state index >= 15 is 0 Å². The second-order valence-electron chi connectivity index (χ2n) is 5.51. The Labute approximate surface area is 124 Å². The largest absolute Gasteiger partial charge is 0.351 e. The maximum atomic E-state index is 5.91. The van der Waals surface area contributed by atoms with Gasteiger partial charge in [0, 0.05) is 51.2 Å². The molecule has 0 spiro atoms. The first-order chi connectivity index (χ1) is 10.3. The van der Waals surface area contributed by atoms with Crippen molar-refractivity contribution in [2.45, 2.75) is 25.8 Å². The first-order valence-electron chi connectivity index (χ1n) is 7.67. The van der Waals surface area contributed by atoms with Gasteiger partial charge in [0.25, 0.3) is 0 Å². The fourth-order valence-electron chi connectivity index (χ4n) is 3.05. The van der Waals surface area contributed by atoms with Crippen molar-refractivity contribution in [2.75, 3.05) is 37.6 Å². The molecule has 7 nitrogen and oxygen atoms in total. The number of hydrogen-bond acceptors (Lipinski definition) is 6. The minimum atomic E-state index is 0.508. The van der Waals surface area contributed by atoms with Gasteiger partial charge in [-0.2, -0.15) is 0 Å². The first kappa shape index (κ1) is 14.2. The van der Waals surface area contributed by atoms with Gasteiger partial charge < -0.3 is 10.6 Å². The van der Waals surface area contributed by atoms with Crippen LogP contribution in [0.3, 0.4) is 0 Å². The van der Waals surface area contributed by atoms with Crippen LogP contribution < -0.4 is 10.6 Å². The molecular formula is C14H23N7. The Hall–Kier alpha value is -1.73. The van der Waals surface area contributed by atoms with Crippen LogP contribution in [-0.2, 0) is 0 Å². The third-order valence-electron chi connectivity index (χ3n) is 4.22. The van der Waals surface area contributed by atoms with Crippen LogP contribution >= 0.6 is 0 Å². The standard InChI is InChI=1S/C14H23N7/c1-2-3-12(10-15)19-6-8-20(9-7-19)13-14-18-17-11-21(14)5-4-16-13/h4-5,11-12H,2-3,6-10,15H2,1H3. The Morgan fingerprint density at radius 2 is 2.10 bits per heavy atom. The topological polar surface area (TPSA) is 75.6 Å². The van der Waals surface area contributed by atoms with Crippen molar-refractivity contribution in [1.82, 2.24) is 24.5 Å². The van der Waals surface area contributed by atoms with Gasteiger partial charge in [-0.15, -0.1) is 10.2 Å². The van der Waals surface area contributed by atoms with Crippen molar-refractivity contribution in [3.63, 3.8) is 0 Å². The second kappa shape index (κ2) is 6.36. The Morgan fingerprint density at radius 3 is 2.81 bits per heavy atom. The number of aromatic nitrogens is 4. The summed E-state index contributed by atoms with van der Waals surface area (Å²) in [7, 11) is 0. The van der Waals surface area contributed by atoms with E-state index in [9.17, 15) is 0 Å². The normalized spacial score (nSPS) is 18.3. The zero-order valence-electron chi connectivity index (χ0n) is 12.5. The zero-order valence-corrected chi connectivity index (χ0v) is 12.5. The fraction of sp³-hybridized carbons (Fsp3) is 0.643. The quantitative estimate of drug-likeness (QED) is 0.857. The molecule has 0 saturated carbocycles. The molecular weight excluding hydrogens is 266 g/mol. The summed E-state index contributed by atoms with van der Waals surface area (Å²) in [6.07, 6.45) is 7.75. The molecule has 0 bridgehead atoms. The van der Waals surface area contributed by atoms with E-state index in [-0.39, 0.29) is 0 Å². The summed E-state index contributed by atoms with van der Waals surface area (Å²) >= 11 is 0. The summed E-state index contributed by atoms with van der Waals surface area (Å²) in [6.45, 7) is 6.93. The third kappa shape index (κ3) is 2.84. The van der Waals surface area contributed by atoms with E-state index < -0.39 is 0 Å². The van der Waals surface area contributed by atoms with E-state index in [0.29, 0.717) is 6.04 Å². The highest BCUT2D eigenvalue weighted by molar-refractivity contribution is 5.63. The third-order valence-corrected chi connectivity index (χ3v) is 4.22. The molecule has 1 fully saturated rings. The number of hydrogen-bond donors (Lipinski definition) is 1. The van der Waals surface area contributed by atoms with Gasteiger partial charge in [-0.05, 0) is 6.42 Å². The van der Waals surface area contributed by atoms with Crippen molar-refractivity contribution >= 4 is 11.5 Å². The molecule has 1 saturated heterocycles. The zero-order chi connectivity index (χ0) is 14.7. The summed E-state index contributed by atoms with van der Waals surface area (Å²) in [4.78, 5) is 9.28. The molecule has 3 heterocycles. The Kier molecular flexibility index (Phi) is 4.31. The number of fused-ring (bicyclic) bond motifs is 1. The molecule has 1 aliphatic heterocycles. The van der Waals surface area contributed by atoms with Crippen LogP contribution in [-0.4, -0.2) is 63.2 Å². The summed E-state index contributed by atoms with van der Waals surface area (Å²) < 4.78 is 1.91. The molecule has 1 aliphatic rings. The monoisotopic (exact) mass is 289 g/mol. The van der Waals surface area contributed by atoms with Crippen LogP contribution in [0.15, 0.2) is 18.7 Å². The molecule has 7 heteroatoms. The van der Waals surface area contributed by atoms with Gasteiger partial charge >= 0.3 is 0 Å². The summed E-state index contributed by atoms with van der Waals surface area (Å²) in [5, 5.41) is 8.13. The summed E-state index contributed by atoms with van der Waals surface area (Å²) in [5.74, 6) is 0.925. The van der Waals surface area contributed by atoms with Crippen LogP contribution in [0.4, 0.5) is 5.82 Å². The van der Waals surface area contributed by atoms with Crippen LogP contribution in [0, 0.1) is 0 Å². The lowest BCUT2D eigenvalue weighted by atomic mass is 10.1. The maximum absolute atomic E-state index is 5.91. The van der Waals surface area contributed by atoms with Gasteiger partial charge in [0.1, 0.15) is 6.33 Å². The molecule has 1 atom stereocenters. The van der Waals surface area contributed by atoms with Crippen molar-refractivity contribution in [3.05, 3.63) is 18.7 Å². The fourth-order valence-corrected chi connectivity index (χ4v) is 3.05. The molecule has 2 N–H and O–H groups in total. The number of rotatable bonds is 5. The Bertz CT molecular complexity index is 573. The van der Waals surface area contributed by atoms with Crippen LogP contribution in [0.2, 0.25) is 0 Å².